The van der Waals surface area contributed by atoms with Gasteiger partial charge in [-0.25, -0.2) is 9.97 Å². The van der Waals surface area contributed by atoms with E-state index >= 15 is 0 Å². The minimum atomic E-state index is -4.19. The Morgan fingerprint density at radius 2 is 1.90 bits per heavy atom. The summed E-state index contributed by atoms with van der Waals surface area (Å²) in [5, 5.41) is 0. The van der Waals surface area contributed by atoms with E-state index in [1.165, 1.54) is 17.2 Å². The monoisotopic (exact) mass is 429 g/mol. The van der Waals surface area contributed by atoms with Gasteiger partial charge in [-0.2, -0.15) is 22.0 Å². The number of alkyl halides is 5. The van der Waals surface area contributed by atoms with Crippen LogP contribution in [0.5, 0.6) is 5.75 Å². The number of fused-ring (bicyclic) bond motifs is 1. The number of anilines is 1. The molecule has 0 amide bonds. The van der Waals surface area contributed by atoms with Gasteiger partial charge in [-0.05, 0) is 30.7 Å². The predicted octanol–water partition coefficient (Wildman–Crippen LogP) is 3.67. The smallest absolute Gasteiger partial charge is 0.401 e. The lowest BCUT2D eigenvalue weighted by atomic mass is 10.2. The van der Waals surface area contributed by atoms with Gasteiger partial charge in [0.25, 0.3) is 0 Å². The summed E-state index contributed by atoms with van der Waals surface area (Å²) in [6, 6.07) is 1.52. The van der Waals surface area contributed by atoms with Crippen LogP contribution in [0.4, 0.5) is 27.8 Å². The number of nitrogens with two attached hydrogens (primary N) is 1. The molecule has 30 heavy (non-hydrogen) atoms. The van der Waals surface area contributed by atoms with E-state index < -0.39 is 19.3 Å². The molecule has 3 fully saturated rings. The van der Waals surface area contributed by atoms with Gasteiger partial charge >= 0.3 is 12.8 Å². The van der Waals surface area contributed by atoms with Crippen LogP contribution in [0.1, 0.15) is 30.6 Å². The minimum absolute atomic E-state index is 0.129. The summed E-state index contributed by atoms with van der Waals surface area (Å²) < 4.78 is 69.6. The average molecular weight is 429 g/mol. The van der Waals surface area contributed by atoms with E-state index in [4.69, 9.17) is 10.7 Å². The molecule has 0 bridgehead atoms. The number of nitrogen functional groups attached to an aromatic ring is 1. The third-order valence-corrected chi connectivity index (χ3v) is 6.05. The lowest BCUT2D eigenvalue weighted by Gasteiger charge is -2.21. The Bertz CT molecular complexity index is 945. The van der Waals surface area contributed by atoms with Crippen molar-refractivity contribution in [2.75, 3.05) is 25.4 Å². The van der Waals surface area contributed by atoms with E-state index in [9.17, 15) is 22.0 Å². The topological polar surface area (TPSA) is 69.2 Å². The Balaban J connectivity index is 1.38. The number of pyridine rings is 1. The fraction of sp³-hybridized carbons (Fsp3) is 0.579. The van der Waals surface area contributed by atoms with Crippen molar-refractivity contribution < 1.29 is 26.7 Å². The van der Waals surface area contributed by atoms with Crippen LogP contribution in [0.3, 0.4) is 0 Å². The highest BCUT2D eigenvalue weighted by molar-refractivity contribution is 5.64. The van der Waals surface area contributed by atoms with Gasteiger partial charge < -0.3 is 15.0 Å². The van der Waals surface area contributed by atoms with E-state index in [2.05, 4.69) is 14.3 Å². The van der Waals surface area contributed by atoms with E-state index in [0.717, 1.165) is 18.7 Å². The lowest BCUT2D eigenvalue weighted by molar-refractivity contribution is -0.144. The molecular formula is C19H20F5N5O. The number of hydrogen-bond acceptors (Lipinski definition) is 5. The molecule has 5 rings (SSSR count). The summed E-state index contributed by atoms with van der Waals surface area (Å²) in [7, 11) is 0. The van der Waals surface area contributed by atoms with Crippen LogP contribution in [-0.4, -0.2) is 51.9 Å². The number of halogens is 5. The lowest BCUT2D eigenvalue weighted by Crippen LogP contribution is -2.34. The van der Waals surface area contributed by atoms with Crippen molar-refractivity contribution in [3.63, 3.8) is 0 Å². The van der Waals surface area contributed by atoms with Crippen molar-refractivity contribution in [3.8, 4) is 17.0 Å². The second kappa shape index (κ2) is 6.79. The summed E-state index contributed by atoms with van der Waals surface area (Å²) in [5.41, 5.74) is 6.68. The Labute approximate surface area is 168 Å². The average Bonchev–Trinajstić information content (AvgIpc) is 3.51. The molecule has 2 aliphatic carbocycles. The molecule has 6 nitrogen and oxygen atoms in total. The largest absolute Gasteiger partial charge is 0.431 e. The van der Waals surface area contributed by atoms with Gasteiger partial charge in [0.1, 0.15) is 5.82 Å². The molecule has 2 saturated carbocycles. The van der Waals surface area contributed by atoms with Crippen LogP contribution in [0.2, 0.25) is 0 Å². The van der Waals surface area contributed by atoms with Crippen molar-refractivity contribution >= 4 is 5.82 Å². The molecule has 0 radical (unpaired) electrons. The first-order valence-electron chi connectivity index (χ1n) is 9.78. The van der Waals surface area contributed by atoms with Crippen LogP contribution in [0.15, 0.2) is 18.5 Å². The first-order chi connectivity index (χ1) is 14.2. The summed E-state index contributed by atoms with van der Waals surface area (Å²) in [6.45, 7) is -3.05. The number of hydrogen-bond donors (Lipinski definition) is 1. The SMILES string of the molecule is Nc1ncc(-c2cn([C@H]3[C@@H]4CN(CC(F)(F)F)C[C@@H]43)c(C3CC3)n2)cc1OC(F)F. The van der Waals surface area contributed by atoms with Gasteiger partial charge in [0.2, 0.25) is 0 Å². The van der Waals surface area contributed by atoms with Gasteiger partial charge in [-0.1, -0.05) is 0 Å². The Morgan fingerprint density at radius 1 is 1.20 bits per heavy atom. The Hall–Kier alpha value is -2.43. The molecule has 3 atom stereocenters. The van der Waals surface area contributed by atoms with Crippen molar-refractivity contribution in [2.24, 2.45) is 11.8 Å². The zero-order valence-corrected chi connectivity index (χ0v) is 15.8. The van der Waals surface area contributed by atoms with Gasteiger partial charge in [0, 0.05) is 43.0 Å². The predicted molar refractivity (Wildman–Crippen MR) is 97.0 cm³/mol. The van der Waals surface area contributed by atoms with E-state index in [1.54, 1.807) is 0 Å². The molecule has 1 aliphatic heterocycles. The molecule has 0 spiro atoms. The van der Waals surface area contributed by atoms with Crippen molar-refractivity contribution in [1.29, 1.82) is 0 Å². The summed E-state index contributed by atoms with van der Waals surface area (Å²) >= 11 is 0. The normalized spacial score (nSPS) is 26.3. The van der Waals surface area contributed by atoms with Gasteiger partial charge in [0.15, 0.2) is 11.6 Å². The summed E-state index contributed by atoms with van der Waals surface area (Å²) in [6.07, 6.45) is 1.14. The Kier molecular flexibility index (Phi) is 4.42. The summed E-state index contributed by atoms with van der Waals surface area (Å²) in [5.74, 6) is 1.23. The quantitative estimate of drug-likeness (QED) is 0.710. The van der Waals surface area contributed by atoms with Crippen LogP contribution >= 0.6 is 0 Å². The Morgan fingerprint density at radius 3 is 2.50 bits per heavy atom. The number of nitrogens with zero attached hydrogens (tertiary/aromatic N) is 4. The minimum Gasteiger partial charge on any atom is -0.431 e. The van der Waals surface area contributed by atoms with Crippen molar-refractivity contribution in [3.05, 3.63) is 24.3 Å². The zero-order chi connectivity index (χ0) is 21.2. The van der Waals surface area contributed by atoms with Crippen LogP contribution in [0, 0.1) is 11.8 Å². The molecule has 3 heterocycles. The van der Waals surface area contributed by atoms with Crippen LogP contribution in [-0.2, 0) is 0 Å². The van der Waals surface area contributed by atoms with Gasteiger partial charge in [-0.3, -0.25) is 4.90 Å². The highest BCUT2D eigenvalue weighted by atomic mass is 19.4. The standard InChI is InChI=1S/C19H20F5N5O/c20-18(21)30-14-3-10(4-26-16(14)25)13-7-29(17(27-13)9-1-2-9)15-11-5-28(6-12(11)15)8-19(22,23)24/h3-4,7,9,11-12,15,18H,1-2,5-6,8H2,(H2,25,26)/t11-,12+,15+. The molecule has 11 heteroatoms. The maximum absolute atomic E-state index is 12.7. The molecule has 2 aromatic heterocycles. The van der Waals surface area contributed by atoms with E-state index in [1.807, 2.05) is 6.20 Å². The number of piperidine rings is 1. The molecule has 0 aromatic carbocycles. The van der Waals surface area contributed by atoms with Gasteiger partial charge in [0.05, 0.1) is 12.2 Å². The molecule has 0 unspecified atom stereocenters. The third-order valence-electron chi connectivity index (χ3n) is 6.05. The number of likely N-dealkylation sites (tertiary alicyclic amines) is 1. The fourth-order valence-corrected chi connectivity index (χ4v) is 4.59. The third kappa shape index (κ3) is 3.70. The number of ether oxygens (including phenoxy) is 1. The second-order valence-corrected chi connectivity index (χ2v) is 8.28. The van der Waals surface area contributed by atoms with Crippen molar-refractivity contribution in [1.82, 2.24) is 19.4 Å². The molecule has 3 aliphatic rings. The first kappa shape index (κ1) is 19.5. The zero-order valence-electron chi connectivity index (χ0n) is 15.8. The molecule has 2 aromatic rings. The maximum Gasteiger partial charge on any atom is 0.401 e. The number of rotatable bonds is 6. The van der Waals surface area contributed by atoms with Crippen LogP contribution in [0.25, 0.3) is 11.3 Å². The maximum atomic E-state index is 12.7. The molecule has 162 valence electrons. The second-order valence-electron chi connectivity index (χ2n) is 8.28. The molecule has 2 N–H and O–H groups in total. The molecule has 1 saturated heterocycles. The van der Waals surface area contributed by atoms with E-state index in [0.29, 0.717) is 30.3 Å². The summed E-state index contributed by atoms with van der Waals surface area (Å²) in [4.78, 5) is 10.1. The van der Waals surface area contributed by atoms with Gasteiger partial charge in [-0.15, -0.1) is 0 Å². The highest BCUT2D eigenvalue weighted by Crippen LogP contribution is 2.57. The van der Waals surface area contributed by atoms with Crippen LogP contribution < -0.4 is 10.5 Å². The van der Waals surface area contributed by atoms with E-state index in [-0.39, 0.29) is 29.4 Å². The number of aromatic nitrogens is 3. The number of imidazole rings is 1. The highest BCUT2D eigenvalue weighted by Gasteiger charge is 2.58. The first-order valence-corrected chi connectivity index (χ1v) is 9.78. The van der Waals surface area contributed by atoms with Crippen molar-refractivity contribution in [2.45, 2.75) is 37.6 Å². The fourth-order valence-electron chi connectivity index (χ4n) is 4.59. The molecular weight excluding hydrogens is 409 g/mol.